The largest absolute Gasteiger partial charge is 0.418 e. The predicted octanol–water partition coefficient (Wildman–Crippen LogP) is 1.72. The molecular weight excluding hydrogens is 174 g/mol. The summed E-state index contributed by atoms with van der Waals surface area (Å²) in [4.78, 5) is 3.35. The van der Waals surface area contributed by atoms with Crippen LogP contribution >= 0.6 is 0 Å². The fraction of sp³-hybridized carbons (Fsp3) is 0.273. The van der Waals surface area contributed by atoms with E-state index in [9.17, 15) is 0 Å². The number of hydrogen-bond donors (Lipinski definition) is 1. The number of nitrogens with one attached hydrogen (secondary N) is 1. The van der Waals surface area contributed by atoms with Crippen molar-refractivity contribution in [1.29, 1.82) is 0 Å². The Morgan fingerprint density at radius 1 is 1.38 bits per heavy atom. The molecule has 0 aromatic heterocycles. The Kier molecular flexibility index (Phi) is 3.31. The molecule has 1 rings (SSSR count). The van der Waals surface area contributed by atoms with Gasteiger partial charge in [-0.15, -0.1) is 6.58 Å². The zero-order valence-electron chi connectivity index (χ0n) is 8.65. The summed E-state index contributed by atoms with van der Waals surface area (Å²) < 4.78 is 0. The van der Waals surface area contributed by atoms with Gasteiger partial charge < -0.3 is 4.98 Å². The van der Waals surface area contributed by atoms with Crippen LogP contribution in [0.15, 0.2) is 24.8 Å². The van der Waals surface area contributed by atoms with Crippen molar-refractivity contribution in [3.8, 4) is 0 Å². The number of benzene rings is 1. The van der Waals surface area contributed by atoms with Gasteiger partial charge in [-0.25, -0.2) is 0 Å². The minimum atomic E-state index is 0.961. The maximum Gasteiger partial charge on any atom is 0.104 e. The molecule has 1 nitrogen and oxygen atoms in total. The minimum absolute atomic E-state index is 0.961. The van der Waals surface area contributed by atoms with E-state index in [1.165, 1.54) is 22.4 Å². The van der Waals surface area contributed by atoms with Crippen molar-refractivity contribution >= 4 is 16.1 Å². The highest BCUT2D eigenvalue weighted by molar-refractivity contribution is 6.16. The predicted molar refractivity (Wildman–Crippen MR) is 63.4 cm³/mol. The van der Waals surface area contributed by atoms with Crippen LogP contribution < -0.4 is 4.98 Å². The third kappa shape index (κ3) is 2.22. The normalized spacial score (nSPS) is 10.0. The minimum Gasteiger partial charge on any atom is -0.418 e. The second kappa shape index (κ2) is 4.28. The summed E-state index contributed by atoms with van der Waals surface area (Å²) in [5.41, 5.74) is 5.34. The van der Waals surface area contributed by atoms with Gasteiger partial charge in [0, 0.05) is 5.69 Å². The summed E-state index contributed by atoms with van der Waals surface area (Å²) in [6, 6.07) is 4.46. The Labute approximate surface area is 83.4 Å². The standard InChI is InChI=1S/C11H17NSi/c1-4-5-10-6-8(2)11(12-13)9(3)7-10/h4,6-7,12H,1,5H2,2-3,13H3. The maximum absolute atomic E-state index is 3.75. The number of allylic oxidation sites excluding steroid dienone is 1. The lowest BCUT2D eigenvalue weighted by Gasteiger charge is -2.11. The van der Waals surface area contributed by atoms with Crippen LogP contribution in [0.25, 0.3) is 0 Å². The first-order chi connectivity index (χ1) is 6.19. The Bertz CT molecular complexity index is 295. The molecule has 1 N–H and O–H groups in total. The average molecular weight is 191 g/mol. The van der Waals surface area contributed by atoms with Gasteiger partial charge in [0.1, 0.15) is 10.4 Å². The summed E-state index contributed by atoms with van der Waals surface area (Å²) in [5, 5.41) is 0. The molecule has 0 amide bonds. The van der Waals surface area contributed by atoms with Crippen LogP contribution in [-0.2, 0) is 6.42 Å². The molecule has 0 aliphatic carbocycles. The third-order valence-corrected chi connectivity index (χ3v) is 2.72. The van der Waals surface area contributed by atoms with Crippen LogP contribution in [0.3, 0.4) is 0 Å². The van der Waals surface area contributed by atoms with Crippen molar-refractivity contribution in [2.45, 2.75) is 20.3 Å². The molecule has 0 aliphatic rings. The zero-order valence-corrected chi connectivity index (χ0v) is 10.6. The second-order valence-electron chi connectivity index (χ2n) is 3.35. The third-order valence-electron chi connectivity index (χ3n) is 2.22. The van der Waals surface area contributed by atoms with Gasteiger partial charge in [-0.3, -0.25) is 0 Å². The maximum atomic E-state index is 3.75. The molecule has 0 atom stereocenters. The second-order valence-corrected chi connectivity index (χ2v) is 3.85. The lowest BCUT2D eigenvalue weighted by molar-refractivity contribution is 1.23. The highest BCUT2D eigenvalue weighted by Crippen LogP contribution is 2.21. The summed E-state index contributed by atoms with van der Waals surface area (Å²) >= 11 is 0. The number of rotatable bonds is 3. The molecule has 0 bridgehead atoms. The van der Waals surface area contributed by atoms with Gasteiger partial charge in [0.2, 0.25) is 0 Å². The molecule has 0 radical (unpaired) electrons. The lowest BCUT2D eigenvalue weighted by atomic mass is 10.0. The van der Waals surface area contributed by atoms with E-state index in [0.717, 1.165) is 16.8 Å². The molecule has 0 fully saturated rings. The van der Waals surface area contributed by atoms with Gasteiger partial charge in [0.25, 0.3) is 0 Å². The lowest BCUT2D eigenvalue weighted by Crippen LogP contribution is -1.98. The Hall–Kier alpha value is -1.02. The molecule has 70 valence electrons. The van der Waals surface area contributed by atoms with E-state index < -0.39 is 0 Å². The number of aryl methyl sites for hydroxylation is 2. The molecule has 0 saturated heterocycles. The fourth-order valence-corrected chi connectivity index (χ4v) is 2.52. The van der Waals surface area contributed by atoms with Gasteiger partial charge in [0.15, 0.2) is 0 Å². The van der Waals surface area contributed by atoms with E-state index in [0.29, 0.717) is 0 Å². The fourth-order valence-electron chi connectivity index (χ4n) is 1.73. The van der Waals surface area contributed by atoms with Crippen LogP contribution in [-0.4, -0.2) is 10.4 Å². The van der Waals surface area contributed by atoms with E-state index in [1.807, 2.05) is 6.08 Å². The highest BCUT2D eigenvalue weighted by atomic mass is 28.2. The summed E-state index contributed by atoms with van der Waals surface area (Å²) in [6.45, 7) is 8.05. The smallest absolute Gasteiger partial charge is 0.104 e. The van der Waals surface area contributed by atoms with Gasteiger partial charge in [-0.1, -0.05) is 18.2 Å². The SMILES string of the molecule is C=CCc1cc(C)c(N[SiH3])c(C)c1. The van der Waals surface area contributed by atoms with Gasteiger partial charge >= 0.3 is 0 Å². The molecule has 0 unspecified atom stereocenters. The number of anilines is 1. The van der Waals surface area contributed by atoms with Gasteiger partial charge in [-0.2, -0.15) is 0 Å². The molecular formula is C11H17NSi. The molecule has 1 aromatic rings. The summed E-state index contributed by atoms with van der Waals surface area (Å²) in [7, 11) is 1.00. The topological polar surface area (TPSA) is 12.0 Å². The van der Waals surface area contributed by atoms with E-state index in [2.05, 4.69) is 37.5 Å². The van der Waals surface area contributed by atoms with E-state index in [-0.39, 0.29) is 0 Å². The van der Waals surface area contributed by atoms with E-state index in [4.69, 9.17) is 0 Å². The van der Waals surface area contributed by atoms with Crippen LogP contribution in [0.1, 0.15) is 16.7 Å². The van der Waals surface area contributed by atoms with Crippen molar-refractivity contribution in [3.63, 3.8) is 0 Å². The molecule has 0 heterocycles. The average Bonchev–Trinajstić information content (AvgIpc) is 2.04. The summed E-state index contributed by atoms with van der Waals surface area (Å²) in [5.74, 6) is 0. The van der Waals surface area contributed by atoms with Crippen molar-refractivity contribution in [1.82, 2.24) is 0 Å². The Balaban J connectivity index is 3.12. The molecule has 0 aliphatic heterocycles. The first-order valence-electron chi connectivity index (χ1n) is 4.57. The van der Waals surface area contributed by atoms with Crippen LogP contribution in [0.4, 0.5) is 5.69 Å². The monoisotopic (exact) mass is 191 g/mol. The van der Waals surface area contributed by atoms with Crippen LogP contribution in [0, 0.1) is 13.8 Å². The van der Waals surface area contributed by atoms with Crippen molar-refractivity contribution in [2.24, 2.45) is 0 Å². The van der Waals surface area contributed by atoms with Crippen molar-refractivity contribution in [2.75, 3.05) is 4.98 Å². The Morgan fingerprint density at radius 3 is 2.31 bits per heavy atom. The Morgan fingerprint density at radius 2 is 1.92 bits per heavy atom. The molecule has 2 heteroatoms. The van der Waals surface area contributed by atoms with Gasteiger partial charge in [0.05, 0.1) is 0 Å². The molecule has 0 saturated carbocycles. The van der Waals surface area contributed by atoms with E-state index in [1.54, 1.807) is 0 Å². The van der Waals surface area contributed by atoms with E-state index >= 15 is 0 Å². The molecule has 0 spiro atoms. The quantitative estimate of drug-likeness (QED) is 0.567. The van der Waals surface area contributed by atoms with Crippen LogP contribution in [0.5, 0.6) is 0 Å². The first-order valence-corrected chi connectivity index (χ1v) is 5.57. The molecule has 13 heavy (non-hydrogen) atoms. The van der Waals surface area contributed by atoms with Crippen LogP contribution in [0.2, 0.25) is 0 Å². The highest BCUT2D eigenvalue weighted by Gasteiger charge is 2.01. The first kappa shape index (κ1) is 10.1. The number of hydrogen-bond acceptors (Lipinski definition) is 1. The van der Waals surface area contributed by atoms with Crippen molar-refractivity contribution in [3.05, 3.63) is 41.5 Å². The van der Waals surface area contributed by atoms with Crippen molar-refractivity contribution < 1.29 is 0 Å². The zero-order chi connectivity index (χ0) is 9.84. The molecule has 1 aromatic carbocycles. The van der Waals surface area contributed by atoms with Gasteiger partial charge in [-0.05, 0) is 37.0 Å². The summed E-state index contributed by atoms with van der Waals surface area (Å²) in [6.07, 6.45) is 2.91.